The fourth-order valence-electron chi connectivity index (χ4n) is 0.591. The van der Waals surface area contributed by atoms with Gasteiger partial charge >= 0.3 is 20.6 Å². The minimum Gasteiger partial charge on any atom is -0.435 e. The molecule has 0 aliphatic carbocycles. The van der Waals surface area contributed by atoms with Crippen LogP contribution >= 0.6 is 8.25 Å². The van der Waals surface area contributed by atoms with E-state index in [9.17, 15) is 14.2 Å². The largest absolute Gasteiger partial charge is 0.704 e. The molecule has 0 aromatic heterocycles. The zero-order valence-corrected chi connectivity index (χ0v) is 10.8. The van der Waals surface area contributed by atoms with Crippen LogP contribution in [0.25, 0.3) is 0 Å². The van der Waals surface area contributed by atoms with E-state index in [4.69, 9.17) is 0 Å². The monoisotopic (exact) mass is 285 g/mol. The van der Waals surface area contributed by atoms with Crippen LogP contribution in [0.4, 0.5) is 9.59 Å². The molecular formula is C8H14O9P+. The highest BCUT2D eigenvalue weighted by Crippen LogP contribution is 2.23. The highest BCUT2D eigenvalue weighted by atomic mass is 31.1. The Balaban J connectivity index is 3.48. The number of ether oxygens (including phenoxy) is 4. The smallest absolute Gasteiger partial charge is 0.435 e. The average molecular weight is 285 g/mol. The molecule has 0 bridgehead atoms. The summed E-state index contributed by atoms with van der Waals surface area (Å²) in [5.41, 5.74) is 0. The minimum absolute atomic E-state index is 0.148. The Kier molecular flexibility index (Phi) is 9.84. The Morgan fingerprint density at radius 3 is 1.56 bits per heavy atom. The van der Waals surface area contributed by atoms with Gasteiger partial charge in [-0.3, -0.25) is 0 Å². The Bertz CT molecular complexity index is 254. The van der Waals surface area contributed by atoms with Crippen LogP contribution in [0.15, 0.2) is 0 Å². The first kappa shape index (κ1) is 16.6. The summed E-state index contributed by atoms with van der Waals surface area (Å²) in [6.45, 7) is 2.28. The molecule has 0 aliphatic heterocycles. The molecule has 0 aromatic rings. The van der Waals surface area contributed by atoms with E-state index in [1.165, 1.54) is 0 Å². The van der Waals surface area contributed by atoms with Crippen molar-refractivity contribution in [3.63, 3.8) is 0 Å². The molecule has 0 radical (unpaired) electrons. The van der Waals surface area contributed by atoms with Crippen molar-refractivity contribution in [1.82, 2.24) is 0 Å². The number of carbonyl (C=O) groups is 2. The van der Waals surface area contributed by atoms with E-state index in [0.29, 0.717) is 0 Å². The summed E-state index contributed by atoms with van der Waals surface area (Å²) in [6, 6.07) is 0. The van der Waals surface area contributed by atoms with Crippen LogP contribution in [-0.4, -0.2) is 39.1 Å². The van der Waals surface area contributed by atoms with Gasteiger partial charge in [0, 0.05) is 4.57 Å². The summed E-state index contributed by atoms with van der Waals surface area (Å²) in [5, 5.41) is 0. The molecule has 0 spiro atoms. The standard InChI is InChI=1S/C8H14O9P/c1-3-12-7(9)14-5-16-18(11)17-6-15-8(10)13-4-2/h3-6H2,1-2H3/q+1. The second kappa shape index (κ2) is 10.7. The van der Waals surface area contributed by atoms with E-state index >= 15 is 0 Å². The molecule has 0 fully saturated rings. The van der Waals surface area contributed by atoms with Crippen molar-refractivity contribution >= 4 is 20.6 Å². The summed E-state index contributed by atoms with van der Waals surface area (Å²) in [4.78, 5) is 21.3. The lowest BCUT2D eigenvalue weighted by Crippen LogP contribution is -2.10. The van der Waals surface area contributed by atoms with Gasteiger partial charge in [0.25, 0.3) is 13.6 Å². The fraction of sp³-hybridized carbons (Fsp3) is 0.750. The Labute approximate surface area is 104 Å². The van der Waals surface area contributed by atoms with Gasteiger partial charge in [0.15, 0.2) is 0 Å². The number of hydrogen-bond donors (Lipinski definition) is 0. The number of rotatable bonds is 8. The molecule has 0 aliphatic rings. The first-order valence-electron chi connectivity index (χ1n) is 4.92. The van der Waals surface area contributed by atoms with Gasteiger partial charge in [-0.1, -0.05) is 9.05 Å². The normalized spacial score (nSPS) is 9.44. The van der Waals surface area contributed by atoms with Crippen molar-refractivity contribution in [1.29, 1.82) is 0 Å². The summed E-state index contributed by atoms with van der Waals surface area (Å²) in [7, 11) is -2.58. The predicted molar refractivity (Wildman–Crippen MR) is 55.7 cm³/mol. The van der Waals surface area contributed by atoms with Crippen molar-refractivity contribution in [2.24, 2.45) is 0 Å². The van der Waals surface area contributed by atoms with Crippen LogP contribution < -0.4 is 0 Å². The zero-order chi connectivity index (χ0) is 13.8. The molecule has 10 heteroatoms. The van der Waals surface area contributed by atoms with Crippen molar-refractivity contribution < 1.29 is 42.1 Å². The van der Waals surface area contributed by atoms with Gasteiger partial charge in [-0.15, -0.1) is 0 Å². The summed E-state index contributed by atoms with van der Waals surface area (Å²) in [5.74, 6) is 0. The van der Waals surface area contributed by atoms with E-state index in [1.54, 1.807) is 13.8 Å². The molecule has 0 amide bonds. The van der Waals surface area contributed by atoms with Gasteiger partial charge in [0.2, 0.25) is 0 Å². The minimum atomic E-state index is -2.58. The molecule has 104 valence electrons. The molecule has 0 N–H and O–H groups in total. The molecule has 0 saturated carbocycles. The van der Waals surface area contributed by atoms with E-state index in [2.05, 4.69) is 28.0 Å². The van der Waals surface area contributed by atoms with Crippen molar-refractivity contribution in [3.05, 3.63) is 0 Å². The SMILES string of the molecule is CCOC(=O)OCO[P+](=O)OCOC(=O)OCC. The molecule has 0 rings (SSSR count). The van der Waals surface area contributed by atoms with Gasteiger partial charge in [-0.25, -0.2) is 9.59 Å². The average Bonchev–Trinajstić information content (AvgIpc) is 2.29. The highest BCUT2D eigenvalue weighted by Gasteiger charge is 2.22. The molecule has 9 nitrogen and oxygen atoms in total. The second-order valence-electron chi connectivity index (χ2n) is 2.37. The summed E-state index contributed by atoms with van der Waals surface area (Å²) in [6.07, 6.45) is -1.91. The Morgan fingerprint density at radius 2 is 1.22 bits per heavy atom. The first-order valence-corrected chi connectivity index (χ1v) is 6.01. The Hall–Kier alpha value is -1.44. The third kappa shape index (κ3) is 9.76. The van der Waals surface area contributed by atoms with Gasteiger partial charge in [0.05, 0.1) is 13.2 Å². The van der Waals surface area contributed by atoms with Crippen LogP contribution in [0.5, 0.6) is 0 Å². The second-order valence-corrected chi connectivity index (χ2v) is 3.34. The third-order valence-electron chi connectivity index (χ3n) is 1.19. The molecule has 0 saturated heterocycles. The lowest BCUT2D eigenvalue weighted by molar-refractivity contribution is -0.0142. The lowest BCUT2D eigenvalue weighted by atomic mass is 10.9. The molecule has 0 atom stereocenters. The first-order chi connectivity index (χ1) is 8.60. The number of carbonyl (C=O) groups excluding carboxylic acids is 2. The quantitative estimate of drug-likeness (QED) is 0.375. The van der Waals surface area contributed by atoms with Gasteiger partial charge < -0.3 is 18.9 Å². The lowest BCUT2D eigenvalue weighted by Gasteiger charge is -2.00. The third-order valence-corrected chi connectivity index (χ3v) is 1.83. The van der Waals surface area contributed by atoms with Gasteiger partial charge in [0.1, 0.15) is 0 Å². The van der Waals surface area contributed by atoms with E-state index in [0.717, 1.165) is 0 Å². The predicted octanol–water partition coefficient (Wildman–Crippen LogP) is 1.94. The molecule has 18 heavy (non-hydrogen) atoms. The Morgan fingerprint density at radius 1 is 0.833 bits per heavy atom. The molecule has 0 aromatic carbocycles. The van der Waals surface area contributed by atoms with Crippen LogP contribution in [0.2, 0.25) is 0 Å². The number of hydrogen-bond acceptors (Lipinski definition) is 9. The summed E-state index contributed by atoms with van der Waals surface area (Å²) < 4.78 is 37.3. The van der Waals surface area contributed by atoms with Crippen molar-refractivity contribution in [3.8, 4) is 0 Å². The van der Waals surface area contributed by atoms with Crippen LogP contribution in [0, 0.1) is 0 Å². The van der Waals surface area contributed by atoms with Crippen molar-refractivity contribution in [2.45, 2.75) is 13.8 Å². The fourth-order valence-corrected chi connectivity index (χ4v) is 0.943. The van der Waals surface area contributed by atoms with E-state index in [-0.39, 0.29) is 13.2 Å². The maximum Gasteiger partial charge on any atom is 0.704 e. The topological polar surface area (TPSA) is 107 Å². The molecule has 0 heterocycles. The highest BCUT2D eigenvalue weighted by molar-refractivity contribution is 7.33. The van der Waals surface area contributed by atoms with Crippen LogP contribution in [0.1, 0.15) is 13.8 Å². The maximum absolute atomic E-state index is 11.0. The van der Waals surface area contributed by atoms with Crippen molar-refractivity contribution in [2.75, 3.05) is 26.8 Å². The van der Waals surface area contributed by atoms with Crippen LogP contribution in [0.3, 0.4) is 0 Å². The van der Waals surface area contributed by atoms with E-state index < -0.39 is 34.2 Å². The maximum atomic E-state index is 11.0. The van der Waals surface area contributed by atoms with Gasteiger partial charge in [-0.2, -0.15) is 0 Å². The molecule has 0 unspecified atom stereocenters. The zero-order valence-electron chi connectivity index (χ0n) is 9.95. The van der Waals surface area contributed by atoms with Gasteiger partial charge in [-0.05, 0) is 13.8 Å². The molecular weight excluding hydrogens is 271 g/mol. The summed E-state index contributed by atoms with van der Waals surface area (Å²) >= 11 is 0. The van der Waals surface area contributed by atoms with Crippen LogP contribution in [-0.2, 0) is 32.6 Å². The van der Waals surface area contributed by atoms with E-state index in [1.807, 2.05) is 0 Å².